The van der Waals surface area contributed by atoms with Crippen molar-refractivity contribution in [1.82, 2.24) is 0 Å². The molecule has 1 rings (SSSR count). The summed E-state index contributed by atoms with van der Waals surface area (Å²) < 4.78 is 30.2. The lowest BCUT2D eigenvalue weighted by molar-refractivity contribution is -0.0352. The van der Waals surface area contributed by atoms with E-state index in [1.807, 2.05) is 0 Å². The van der Waals surface area contributed by atoms with Crippen LogP contribution in [0.2, 0.25) is 0 Å². The molecular formula is C20H38F2O. The lowest BCUT2D eigenvalue weighted by Crippen LogP contribution is -2.29. The molecule has 0 aromatic carbocycles. The van der Waals surface area contributed by atoms with Crippen LogP contribution in [-0.2, 0) is 4.74 Å². The standard InChI is InChI=1S/C20H38F2O/c1-2-3-4-5-6-10-15-19-18(14-12-17-23-19)13-9-7-8-11-16-20(21)22/h18-20H,2-17H2,1H3/t18-,19+/m0/s1. The molecule has 1 aliphatic heterocycles. The van der Waals surface area contributed by atoms with Crippen molar-refractivity contribution in [2.24, 2.45) is 5.92 Å². The van der Waals surface area contributed by atoms with E-state index in [2.05, 4.69) is 6.92 Å². The van der Waals surface area contributed by atoms with Crippen LogP contribution in [0.15, 0.2) is 0 Å². The van der Waals surface area contributed by atoms with Gasteiger partial charge in [-0.15, -0.1) is 0 Å². The first-order valence-corrected chi connectivity index (χ1v) is 10.1. The molecule has 2 atom stereocenters. The van der Waals surface area contributed by atoms with Crippen LogP contribution in [0.3, 0.4) is 0 Å². The molecule has 1 aliphatic rings. The highest BCUT2D eigenvalue weighted by Gasteiger charge is 2.24. The Morgan fingerprint density at radius 2 is 1.52 bits per heavy atom. The van der Waals surface area contributed by atoms with Gasteiger partial charge in [0.25, 0.3) is 0 Å². The maximum absolute atomic E-state index is 12.1. The molecule has 1 nitrogen and oxygen atoms in total. The maximum Gasteiger partial charge on any atom is 0.238 e. The largest absolute Gasteiger partial charge is 0.378 e. The van der Waals surface area contributed by atoms with Crippen LogP contribution in [0, 0.1) is 5.92 Å². The Morgan fingerprint density at radius 3 is 2.26 bits per heavy atom. The second kappa shape index (κ2) is 14.2. The predicted molar refractivity (Wildman–Crippen MR) is 94.2 cm³/mol. The van der Waals surface area contributed by atoms with Gasteiger partial charge >= 0.3 is 0 Å². The van der Waals surface area contributed by atoms with Crippen LogP contribution in [0.1, 0.15) is 103 Å². The third-order valence-corrected chi connectivity index (χ3v) is 5.17. The normalized spacial score (nSPS) is 21.9. The van der Waals surface area contributed by atoms with E-state index in [0.29, 0.717) is 12.5 Å². The highest BCUT2D eigenvalue weighted by molar-refractivity contribution is 4.75. The number of hydrogen-bond acceptors (Lipinski definition) is 1. The van der Waals surface area contributed by atoms with Crippen molar-refractivity contribution in [3.63, 3.8) is 0 Å². The topological polar surface area (TPSA) is 9.23 Å². The van der Waals surface area contributed by atoms with Crippen LogP contribution in [-0.4, -0.2) is 19.1 Å². The van der Waals surface area contributed by atoms with Crippen LogP contribution in [0.4, 0.5) is 8.78 Å². The van der Waals surface area contributed by atoms with E-state index in [4.69, 9.17) is 4.74 Å². The zero-order valence-corrected chi connectivity index (χ0v) is 15.2. The summed E-state index contributed by atoms with van der Waals surface area (Å²) in [4.78, 5) is 0. The molecule has 23 heavy (non-hydrogen) atoms. The van der Waals surface area contributed by atoms with Crippen molar-refractivity contribution >= 4 is 0 Å². The fraction of sp³-hybridized carbons (Fsp3) is 1.00. The Hall–Kier alpha value is -0.180. The molecule has 0 N–H and O–H groups in total. The molecule has 0 radical (unpaired) electrons. The maximum atomic E-state index is 12.1. The third-order valence-electron chi connectivity index (χ3n) is 5.17. The minimum Gasteiger partial charge on any atom is -0.378 e. The van der Waals surface area contributed by atoms with Crippen LogP contribution in [0.25, 0.3) is 0 Å². The van der Waals surface area contributed by atoms with Gasteiger partial charge in [-0.3, -0.25) is 0 Å². The van der Waals surface area contributed by atoms with Crippen molar-refractivity contribution in [2.45, 2.75) is 116 Å². The number of ether oxygens (including phenoxy) is 1. The van der Waals surface area contributed by atoms with Gasteiger partial charge in [-0.25, -0.2) is 8.78 Å². The predicted octanol–water partition coefficient (Wildman–Crippen LogP) is 7.14. The molecule has 0 aromatic rings. The molecule has 0 saturated carbocycles. The molecule has 0 amide bonds. The molecule has 3 heteroatoms. The zero-order valence-electron chi connectivity index (χ0n) is 15.2. The average Bonchev–Trinajstić information content (AvgIpc) is 2.55. The summed E-state index contributed by atoms with van der Waals surface area (Å²) in [5.41, 5.74) is 0. The summed E-state index contributed by atoms with van der Waals surface area (Å²) in [6.07, 6.45) is 15.4. The minimum absolute atomic E-state index is 0.0766. The summed E-state index contributed by atoms with van der Waals surface area (Å²) in [5, 5.41) is 0. The first kappa shape index (κ1) is 20.9. The summed E-state index contributed by atoms with van der Waals surface area (Å²) >= 11 is 0. The average molecular weight is 333 g/mol. The van der Waals surface area contributed by atoms with Gasteiger partial charge in [0.05, 0.1) is 6.10 Å². The highest BCUT2D eigenvalue weighted by Crippen LogP contribution is 2.29. The summed E-state index contributed by atoms with van der Waals surface area (Å²) in [6.45, 7) is 3.19. The smallest absolute Gasteiger partial charge is 0.238 e. The van der Waals surface area contributed by atoms with Gasteiger partial charge < -0.3 is 4.74 Å². The van der Waals surface area contributed by atoms with E-state index in [1.54, 1.807) is 0 Å². The highest BCUT2D eigenvalue weighted by atomic mass is 19.3. The van der Waals surface area contributed by atoms with Crippen molar-refractivity contribution in [1.29, 1.82) is 0 Å². The number of unbranched alkanes of at least 4 members (excludes halogenated alkanes) is 8. The molecule has 0 bridgehead atoms. The molecule has 0 spiro atoms. The number of alkyl halides is 2. The second-order valence-corrected chi connectivity index (χ2v) is 7.25. The van der Waals surface area contributed by atoms with E-state index in [-0.39, 0.29) is 6.42 Å². The van der Waals surface area contributed by atoms with Crippen molar-refractivity contribution in [2.75, 3.05) is 6.61 Å². The Labute approximate surface area is 142 Å². The molecule has 1 saturated heterocycles. The van der Waals surface area contributed by atoms with E-state index in [1.165, 1.54) is 70.6 Å². The molecule has 0 aromatic heterocycles. The van der Waals surface area contributed by atoms with Gasteiger partial charge in [-0.2, -0.15) is 0 Å². The minimum atomic E-state index is -2.12. The van der Waals surface area contributed by atoms with Gasteiger partial charge in [0.1, 0.15) is 0 Å². The Kier molecular flexibility index (Phi) is 12.9. The Bertz CT molecular complexity index is 258. The molecule has 0 unspecified atom stereocenters. The molecule has 1 heterocycles. The van der Waals surface area contributed by atoms with Gasteiger partial charge in [-0.05, 0) is 38.0 Å². The SMILES string of the molecule is CCCCCCCC[C@H]1OCCC[C@@H]1CCCCCCC(F)F. The zero-order chi connectivity index (χ0) is 16.8. The van der Waals surface area contributed by atoms with Crippen LogP contribution < -0.4 is 0 Å². The molecule has 138 valence electrons. The van der Waals surface area contributed by atoms with Gasteiger partial charge in [0.15, 0.2) is 0 Å². The van der Waals surface area contributed by atoms with E-state index in [0.717, 1.165) is 25.4 Å². The number of halogens is 2. The van der Waals surface area contributed by atoms with E-state index < -0.39 is 6.43 Å². The summed E-state index contributed by atoms with van der Waals surface area (Å²) in [5.74, 6) is 0.717. The Balaban J connectivity index is 2.06. The van der Waals surface area contributed by atoms with Crippen molar-refractivity contribution < 1.29 is 13.5 Å². The molecule has 0 aliphatic carbocycles. The Morgan fingerprint density at radius 1 is 0.870 bits per heavy atom. The van der Waals surface area contributed by atoms with Crippen LogP contribution in [0.5, 0.6) is 0 Å². The van der Waals surface area contributed by atoms with Gasteiger partial charge in [-0.1, -0.05) is 64.7 Å². The first-order valence-electron chi connectivity index (χ1n) is 10.1. The first-order chi connectivity index (χ1) is 11.2. The quantitative estimate of drug-likeness (QED) is 0.307. The fourth-order valence-electron chi connectivity index (χ4n) is 3.74. The van der Waals surface area contributed by atoms with E-state index >= 15 is 0 Å². The second-order valence-electron chi connectivity index (χ2n) is 7.25. The van der Waals surface area contributed by atoms with Crippen LogP contribution >= 0.6 is 0 Å². The van der Waals surface area contributed by atoms with Gasteiger partial charge in [0.2, 0.25) is 6.43 Å². The summed E-state index contributed by atoms with van der Waals surface area (Å²) in [6, 6.07) is 0. The lowest BCUT2D eigenvalue weighted by Gasteiger charge is -2.32. The number of hydrogen-bond donors (Lipinski definition) is 0. The summed E-state index contributed by atoms with van der Waals surface area (Å²) in [7, 11) is 0. The third kappa shape index (κ3) is 11.1. The van der Waals surface area contributed by atoms with E-state index in [9.17, 15) is 8.78 Å². The lowest BCUT2D eigenvalue weighted by atomic mass is 9.86. The van der Waals surface area contributed by atoms with Crippen molar-refractivity contribution in [3.05, 3.63) is 0 Å². The fourth-order valence-corrected chi connectivity index (χ4v) is 3.74. The molecule has 1 fully saturated rings. The van der Waals surface area contributed by atoms with Gasteiger partial charge in [0, 0.05) is 13.0 Å². The monoisotopic (exact) mass is 332 g/mol. The number of rotatable bonds is 14. The molecular weight excluding hydrogens is 294 g/mol. The van der Waals surface area contributed by atoms with Crippen molar-refractivity contribution in [3.8, 4) is 0 Å².